The Hall–Kier alpha value is -0.900. The average molecular weight is 171 g/mol. The molecule has 1 aliphatic heterocycles. The van der Waals surface area contributed by atoms with E-state index in [9.17, 15) is 9.59 Å². The van der Waals surface area contributed by atoms with E-state index < -0.39 is 11.8 Å². The van der Waals surface area contributed by atoms with E-state index in [0.717, 1.165) is 13.1 Å². The van der Waals surface area contributed by atoms with Gasteiger partial charge in [0.1, 0.15) is 0 Å². The summed E-state index contributed by atoms with van der Waals surface area (Å²) in [6, 6.07) is 0. The average Bonchev–Trinajstić information content (AvgIpc) is 2.04. The molecule has 68 valence electrons. The molecule has 4 heteroatoms. The Kier molecular flexibility index (Phi) is 2.81. The van der Waals surface area contributed by atoms with E-state index in [-0.39, 0.29) is 5.92 Å². The lowest BCUT2D eigenvalue weighted by Crippen LogP contribution is -2.36. The van der Waals surface area contributed by atoms with Gasteiger partial charge in [0, 0.05) is 5.92 Å². The second kappa shape index (κ2) is 3.67. The third-order valence-electron chi connectivity index (χ3n) is 2.30. The first-order valence-electron chi connectivity index (χ1n) is 4.07. The second-order valence-electron chi connectivity index (χ2n) is 3.25. The summed E-state index contributed by atoms with van der Waals surface area (Å²) < 4.78 is 0. The van der Waals surface area contributed by atoms with Crippen LogP contribution < -0.4 is 0 Å². The van der Waals surface area contributed by atoms with E-state index in [1.807, 2.05) is 7.05 Å². The molecule has 0 unspecified atom stereocenters. The van der Waals surface area contributed by atoms with Crippen LogP contribution in [-0.4, -0.2) is 41.9 Å². The van der Waals surface area contributed by atoms with Crippen LogP contribution in [0.3, 0.4) is 0 Å². The Morgan fingerprint density at radius 2 is 1.83 bits per heavy atom. The lowest BCUT2D eigenvalue weighted by atomic mass is 9.93. The first kappa shape index (κ1) is 9.19. The van der Waals surface area contributed by atoms with Crippen molar-refractivity contribution in [2.45, 2.75) is 12.8 Å². The fraction of sp³-hybridized carbons (Fsp3) is 0.750. The normalized spacial score (nSPS) is 20.8. The number of hydrogen-bond acceptors (Lipinski definition) is 3. The van der Waals surface area contributed by atoms with Gasteiger partial charge >= 0.3 is 5.97 Å². The van der Waals surface area contributed by atoms with Crippen LogP contribution in [0.2, 0.25) is 0 Å². The Bertz CT molecular complexity index is 194. The number of Topliss-reactive ketones (excluding diaryl/α,β-unsaturated/α-hetero) is 1. The van der Waals surface area contributed by atoms with Crippen molar-refractivity contribution in [1.82, 2.24) is 4.90 Å². The number of hydrogen-bond donors (Lipinski definition) is 1. The van der Waals surface area contributed by atoms with E-state index in [4.69, 9.17) is 5.11 Å². The van der Waals surface area contributed by atoms with E-state index >= 15 is 0 Å². The number of carboxylic acids is 1. The molecule has 0 aromatic carbocycles. The van der Waals surface area contributed by atoms with Gasteiger partial charge in [0.25, 0.3) is 0 Å². The van der Waals surface area contributed by atoms with E-state index in [1.165, 1.54) is 0 Å². The number of ketones is 1. The lowest BCUT2D eigenvalue weighted by molar-refractivity contribution is -0.151. The highest BCUT2D eigenvalue weighted by Crippen LogP contribution is 2.16. The van der Waals surface area contributed by atoms with Gasteiger partial charge in [0.15, 0.2) is 0 Å². The van der Waals surface area contributed by atoms with Gasteiger partial charge in [-0.15, -0.1) is 0 Å². The van der Waals surface area contributed by atoms with Crippen LogP contribution in [0.15, 0.2) is 0 Å². The van der Waals surface area contributed by atoms with Gasteiger partial charge in [-0.25, -0.2) is 4.79 Å². The van der Waals surface area contributed by atoms with E-state index in [0.29, 0.717) is 12.8 Å². The van der Waals surface area contributed by atoms with Gasteiger partial charge < -0.3 is 10.0 Å². The van der Waals surface area contributed by atoms with Crippen LogP contribution in [0.5, 0.6) is 0 Å². The maximum absolute atomic E-state index is 11.0. The molecule has 4 nitrogen and oxygen atoms in total. The molecule has 0 spiro atoms. The molecular formula is C8H13NO3. The first-order chi connectivity index (χ1) is 5.61. The molecule has 1 rings (SSSR count). The number of rotatable bonds is 2. The number of aliphatic carboxylic acids is 1. The predicted octanol–water partition coefficient (Wildman–Crippen LogP) is -0.0181. The van der Waals surface area contributed by atoms with Crippen LogP contribution >= 0.6 is 0 Å². The zero-order valence-electron chi connectivity index (χ0n) is 7.12. The van der Waals surface area contributed by atoms with Crippen molar-refractivity contribution in [2.24, 2.45) is 5.92 Å². The molecule has 0 aliphatic carbocycles. The van der Waals surface area contributed by atoms with Gasteiger partial charge in [0.2, 0.25) is 5.78 Å². The van der Waals surface area contributed by atoms with Crippen molar-refractivity contribution in [3.8, 4) is 0 Å². The smallest absolute Gasteiger partial charge is 0.372 e. The zero-order valence-corrected chi connectivity index (χ0v) is 7.12. The molecule has 12 heavy (non-hydrogen) atoms. The van der Waals surface area contributed by atoms with Crippen LogP contribution in [0.4, 0.5) is 0 Å². The summed E-state index contributed by atoms with van der Waals surface area (Å²) in [6.07, 6.45) is 1.36. The summed E-state index contributed by atoms with van der Waals surface area (Å²) in [7, 11) is 1.97. The van der Waals surface area contributed by atoms with Gasteiger partial charge in [-0.2, -0.15) is 0 Å². The summed E-state index contributed by atoms with van der Waals surface area (Å²) in [5.74, 6) is -2.16. The molecule has 0 atom stereocenters. The molecule has 0 bridgehead atoms. The van der Waals surface area contributed by atoms with Gasteiger partial charge in [-0.1, -0.05) is 0 Å². The molecule has 1 fully saturated rings. The van der Waals surface area contributed by atoms with Crippen molar-refractivity contribution in [3.05, 3.63) is 0 Å². The highest BCUT2D eigenvalue weighted by atomic mass is 16.4. The van der Waals surface area contributed by atoms with E-state index in [2.05, 4.69) is 4.90 Å². The van der Waals surface area contributed by atoms with Crippen molar-refractivity contribution in [1.29, 1.82) is 0 Å². The summed E-state index contributed by atoms with van der Waals surface area (Å²) in [5, 5.41) is 8.44. The molecule has 1 N–H and O–H groups in total. The second-order valence-corrected chi connectivity index (χ2v) is 3.25. The Morgan fingerprint density at radius 3 is 2.25 bits per heavy atom. The molecule has 1 heterocycles. The molecule has 0 radical (unpaired) electrons. The summed E-state index contributed by atoms with van der Waals surface area (Å²) in [6.45, 7) is 1.65. The van der Waals surface area contributed by atoms with Crippen molar-refractivity contribution >= 4 is 11.8 Å². The van der Waals surface area contributed by atoms with Crippen LogP contribution in [0.1, 0.15) is 12.8 Å². The van der Waals surface area contributed by atoms with Crippen molar-refractivity contribution in [3.63, 3.8) is 0 Å². The molecule has 0 aromatic heterocycles. The minimum atomic E-state index is -1.29. The van der Waals surface area contributed by atoms with Crippen LogP contribution in [-0.2, 0) is 9.59 Å². The highest BCUT2D eigenvalue weighted by Gasteiger charge is 2.27. The molecule has 1 saturated heterocycles. The molecule has 0 amide bonds. The molecule has 1 aliphatic rings. The van der Waals surface area contributed by atoms with Crippen LogP contribution in [0, 0.1) is 5.92 Å². The summed E-state index contributed by atoms with van der Waals surface area (Å²) >= 11 is 0. The topological polar surface area (TPSA) is 57.6 Å². The van der Waals surface area contributed by atoms with Gasteiger partial charge in [-0.05, 0) is 33.0 Å². The summed E-state index contributed by atoms with van der Waals surface area (Å²) in [5.41, 5.74) is 0. The standard InChI is InChI=1S/C8H13NO3/c1-9-4-2-6(3-5-9)7(10)8(11)12/h6H,2-5H2,1H3,(H,11,12). The number of likely N-dealkylation sites (tertiary alicyclic amines) is 1. The maximum Gasteiger partial charge on any atom is 0.372 e. The minimum absolute atomic E-state index is 0.251. The van der Waals surface area contributed by atoms with Crippen molar-refractivity contribution < 1.29 is 14.7 Å². The summed E-state index contributed by atoms with van der Waals surface area (Å²) in [4.78, 5) is 23.4. The minimum Gasteiger partial charge on any atom is -0.475 e. The molecule has 0 aromatic rings. The Labute approximate surface area is 71.2 Å². The maximum atomic E-state index is 11.0. The fourth-order valence-corrected chi connectivity index (χ4v) is 1.45. The highest BCUT2D eigenvalue weighted by molar-refractivity contribution is 6.33. The number of carboxylic acid groups (broad SMARTS) is 1. The quantitative estimate of drug-likeness (QED) is 0.593. The van der Waals surface area contributed by atoms with Gasteiger partial charge in [0.05, 0.1) is 0 Å². The SMILES string of the molecule is CN1CCC(C(=O)C(=O)O)CC1. The third kappa shape index (κ3) is 2.04. The fourth-order valence-electron chi connectivity index (χ4n) is 1.45. The van der Waals surface area contributed by atoms with E-state index in [1.54, 1.807) is 0 Å². The third-order valence-corrected chi connectivity index (χ3v) is 2.30. The number of nitrogens with zero attached hydrogens (tertiary/aromatic N) is 1. The predicted molar refractivity (Wildman–Crippen MR) is 42.9 cm³/mol. The largest absolute Gasteiger partial charge is 0.475 e. The first-order valence-corrected chi connectivity index (χ1v) is 4.07. The Morgan fingerprint density at radius 1 is 1.33 bits per heavy atom. The molecular weight excluding hydrogens is 158 g/mol. The molecule has 0 saturated carbocycles. The number of carbonyl (C=O) groups is 2. The lowest BCUT2D eigenvalue weighted by Gasteiger charge is -2.26. The zero-order chi connectivity index (χ0) is 9.14. The number of piperidine rings is 1. The number of carbonyl (C=O) groups excluding carboxylic acids is 1. The van der Waals surface area contributed by atoms with Crippen LogP contribution in [0.25, 0.3) is 0 Å². The van der Waals surface area contributed by atoms with Crippen molar-refractivity contribution in [2.75, 3.05) is 20.1 Å². The van der Waals surface area contributed by atoms with Gasteiger partial charge in [-0.3, -0.25) is 4.79 Å². The Balaban J connectivity index is 2.44. The monoisotopic (exact) mass is 171 g/mol.